The van der Waals surface area contributed by atoms with Crippen LogP contribution in [0.1, 0.15) is 34.8 Å². The van der Waals surface area contributed by atoms with Crippen molar-refractivity contribution in [1.29, 1.82) is 0 Å². The summed E-state index contributed by atoms with van der Waals surface area (Å²) in [6.45, 7) is 0. The highest BCUT2D eigenvalue weighted by molar-refractivity contribution is 7.14. The fourth-order valence-corrected chi connectivity index (χ4v) is 2.58. The highest BCUT2D eigenvalue weighted by atomic mass is 32.1. The van der Waals surface area contributed by atoms with Crippen molar-refractivity contribution in [2.75, 3.05) is 10.6 Å². The van der Waals surface area contributed by atoms with Gasteiger partial charge in [-0.15, -0.1) is 11.3 Å². The molecule has 0 aliphatic heterocycles. The van der Waals surface area contributed by atoms with E-state index >= 15 is 0 Å². The minimum Gasteiger partial charge on any atom is -0.478 e. The van der Waals surface area contributed by atoms with E-state index in [9.17, 15) is 9.59 Å². The molecule has 21 heavy (non-hydrogen) atoms. The summed E-state index contributed by atoms with van der Waals surface area (Å²) in [7, 11) is 0. The van der Waals surface area contributed by atoms with Gasteiger partial charge in [-0.3, -0.25) is 10.3 Å². The van der Waals surface area contributed by atoms with Gasteiger partial charge in [-0.25, -0.2) is 14.6 Å². The van der Waals surface area contributed by atoms with Crippen molar-refractivity contribution in [3.63, 3.8) is 0 Å². The van der Waals surface area contributed by atoms with E-state index in [-0.39, 0.29) is 5.56 Å². The van der Waals surface area contributed by atoms with Gasteiger partial charge in [0, 0.05) is 17.5 Å². The molecule has 2 amide bonds. The van der Waals surface area contributed by atoms with Crippen LogP contribution in [0.4, 0.5) is 15.6 Å². The standard InChI is InChI=1S/C13H12N4O3S/c18-11(19)8-3-9(5-14-4-8)15-12(20)17-13-16-10(6-21-13)7-1-2-7/h3-7H,1-2H2,(H,18,19)(H2,15,16,17,20). The average Bonchev–Trinajstić information content (AvgIpc) is 3.20. The molecule has 1 saturated carbocycles. The summed E-state index contributed by atoms with van der Waals surface area (Å²) < 4.78 is 0. The number of carboxylic acid groups (broad SMARTS) is 1. The molecule has 3 rings (SSSR count). The molecule has 0 radical (unpaired) electrons. The number of thiazole rings is 1. The summed E-state index contributed by atoms with van der Waals surface area (Å²) in [4.78, 5) is 30.8. The minimum atomic E-state index is -1.10. The number of anilines is 2. The molecule has 0 bridgehead atoms. The second-order valence-corrected chi connectivity index (χ2v) is 5.56. The van der Waals surface area contributed by atoms with Crippen LogP contribution in [0.2, 0.25) is 0 Å². The Morgan fingerprint density at radius 1 is 1.29 bits per heavy atom. The summed E-state index contributed by atoms with van der Waals surface area (Å²) in [5.74, 6) is -0.558. The summed E-state index contributed by atoms with van der Waals surface area (Å²) in [6.07, 6.45) is 4.91. The third kappa shape index (κ3) is 3.34. The first-order valence-corrected chi connectivity index (χ1v) is 7.21. The zero-order chi connectivity index (χ0) is 14.8. The number of carbonyl (C=O) groups excluding carboxylic acids is 1. The van der Waals surface area contributed by atoms with E-state index in [0.29, 0.717) is 16.7 Å². The smallest absolute Gasteiger partial charge is 0.337 e. The van der Waals surface area contributed by atoms with Crippen LogP contribution in [0, 0.1) is 0 Å². The number of carboxylic acids is 1. The quantitative estimate of drug-likeness (QED) is 0.805. The Kier molecular flexibility index (Phi) is 3.53. The normalized spacial score (nSPS) is 13.7. The van der Waals surface area contributed by atoms with Crippen molar-refractivity contribution in [3.05, 3.63) is 35.1 Å². The first-order valence-electron chi connectivity index (χ1n) is 6.33. The predicted molar refractivity (Wildman–Crippen MR) is 77.9 cm³/mol. The Labute approximate surface area is 124 Å². The van der Waals surface area contributed by atoms with E-state index in [4.69, 9.17) is 5.11 Å². The summed E-state index contributed by atoms with van der Waals surface area (Å²) in [5, 5.41) is 16.5. The highest BCUT2D eigenvalue weighted by Gasteiger charge is 2.26. The molecule has 3 N–H and O–H groups in total. The molecule has 0 aromatic carbocycles. The van der Waals surface area contributed by atoms with Crippen LogP contribution in [-0.2, 0) is 0 Å². The van der Waals surface area contributed by atoms with Gasteiger partial charge in [0.05, 0.1) is 23.1 Å². The van der Waals surface area contributed by atoms with Gasteiger partial charge in [-0.2, -0.15) is 0 Å². The fourth-order valence-electron chi connectivity index (χ4n) is 1.79. The summed E-state index contributed by atoms with van der Waals surface area (Å²) in [6, 6.07) is 0.864. The van der Waals surface area contributed by atoms with Gasteiger partial charge in [-0.05, 0) is 18.9 Å². The van der Waals surface area contributed by atoms with Crippen LogP contribution in [0.5, 0.6) is 0 Å². The van der Waals surface area contributed by atoms with Crippen molar-refractivity contribution in [2.45, 2.75) is 18.8 Å². The molecular weight excluding hydrogens is 292 g/mol. The van der Waals surface area contributed by atoms with Gasteiger partial charge >= 0.3 is 12.0 Å². The summed E-state index contributed by atoms with van der Waals surface area (Å²) in [5.41, 5.74) is 1.34. The number of amides is 2. The van der Waals surface area contributed by atoms with Gasteiger partial charge in [-0.1, -0.05) is 0 Å². The molecule has 2 heterocycles. The number of nitrogens with zero attached hydrogens (tertiary/aromatic N) is 2. The highest BCUT2D eigenvalue weighted by Crippen LogP contribution is 2.40. The van der Waals surface area contributed by atoms with Crippen molar-refractivity contribution in [2.24, 2.45) is 0 Å². The van der Waals surface area contributed by atoms with Crippen LogP contribution in [-0.4, -0.2) is 27.1 Å². The van der Waals surface area contributed by atoms with E-state index in [2.05, 4.69) is 20.6 Å². The molecule has 0 atom stereocenters. The first kappa shape index (κ1) is 13.5. The number of hydrogen-bond acceptors (Lipinski definition) is 5. The summed E-state index contributed by atoms with van der Waals surface area (Å²) >= 11 is 1.37. The van der Waals surface area contributed by atoms with E-state index in [1.165, 1.54) is 29.8 Å². The van der Waals surface area contributed by atoms with E-state index < -0.39 is 12.0 Å². The Morgan fingerprint density at radius 2 is 2.10 bits per heavy atom. The van der Waals surface area contributed by atoms with Gasteiger partial charge in [0.25, 0.3) is 0 Å². The van der Waals surface area contributed by atoms with Crippen LogP contribution in [0.15, 0.2) is 23.8 Å². The van der Waals surface area contributed by atoms with Crippen LogP contribution < -0.4 is 10.6 Å². The number of urea groups is 1. The SMILES string of the molecule is O=C(Nc1cncc(C(=O)O)c1)Nc1nc(C2CC2)cs1. The number of aromatic nitrogens is 2. The maximum Gasteiger partial charge on any atom is 0.337 e. The maximum atomic E-state index is 11.8. The zero-order valence-corrected chi connectivity index (χ0v) is 11.7. The molecule has 1 fully saturated rings. The predicted octanol–water partition coefficient (Wildman–Crippen LogP) is 2.76. The maximum absolute atomic E-state index is 11.8. The monoisotopic (exact) mass is 304 g/mol. The number of hydrogen-bond donors (Lipinski definition) is 3. The molecule has 0 saturated heterocycles. The molecule has 7 nitrogen and oxygen atoms in total. The Balaban J connectivity index is 1.62. The molecule has 0 unspecified atom stereocenters. The van der Waals surface area contributed by atoms with Crippen LogP contribution >= 0.6 is 11.3 Å². The Hall–Kier alpha value is -2.48. The van der Waals surface area contributed by atoms with E-state index in [0.717, 1.165) is 18.5 Å². The zero-order valence-electron chi connectivity index (χ0n) is 10.9. The molecule has 1 aliphatic carbocycles. The third-order valence-corrected chi connectivity index (χ3v) is 3.76. The van der Waals surface area contributed by atoms with Crippen molar-refractivity contribution in [3.8, 4) is 0 Å². The number of nitrogens with one attached hydrogen (secondary N) is 2. The first-order chi connectivity index (χ1) is 10.1. The van der Waals surface area contributed by atoms with Gasteiger partial charge in [0.1, 0.15) is 0 Å². The minimum absolute atomic E-state index is 0.0121. The fraction of sp³-hybridized carbons (Fsp3) is 0.231. The Bertz CT molecular complexity index is 696. The topological polar surface area (TPSA) is 104 Å². The molecular formula is C13H12N4O3S. The van der Waals surface area contributed by atoms with Gasteiger partial charge < -0.3 is 10.4 Å². The average molecular weight is 304 g/mol. The molecule has 108 valence electrons. The third-order valence-electron chi connectivity index (χ3n) is 2.98. The number of pyridine rings is 1. The van der Waals surface area contributed by atoms with Crippen LogP contribution in [0.25, 0.3) is 0 Å². The van der Waals surface area contributed by atoms with Crippen molar-refractivity contribution >= 4 is 34.2 Å². The second kappa shape index (κ2) is 5.49. The largest absolute Gasteiger partial charge is 0.478 e. The number of rotatable bonds is 4. The Morgan fingerprint density at radius 3 is 2.81 bits per heavy atom. The van der Waals surface area contributed by atoms with E-state index in [1.54, 1.807) is 0 Å². The molecule has 0 spiro atoms. The molecule has 2 aromatic rings. The van der Waals surface area contributed by atoms with Gasteiger partial charge in [0.15, 0.2) is 5.13 Å². The molecule has 1 aliphatic rings. The molecule has 2 aromatic heterocycles. The van der Waals surface area contributed by atoms with Crippen LogP contribution in [0.3, 0.4) is 0 Å². The lowest BCUT2D eigenvalue weighted by Crippen LogP contribution is -2.19. The lowest BCUT2D eigenvalue weighted by atomic mass is 10.3. The van der Waals surface area contributed by atoms with Crippen molar-refractivity contribution in [1.82, 2.24) is 9.97 Å². The second-order valence-electron chi connectivity index (χ2n) is 4.70. The van der Waals surface area contributed by atoms with Gasteiger partial charge in [0.2, 0.25) is 0 Å². The lowest BCUT2D eigenvalue weighted by molar-refractivity contribution is 0.0696. The van der Waals surface area contributed by atoms with E-state index in [1.807, 2.05) is 5.38 Å². The lowest BCUT2D eigenvalue weighted by Gasteiger charge is -2.05. The molecule has 8 heteroatoms. The number of aromatic carboxylic acids is 1. The van der Waals surface area contributed by atoms with Crippen molar-refractivity contribution < 1.29 is 14.7 Å². The number of carbonyl (C=O) groups is 2.